The van der Waals surface area contributed by atoms with Crippen LogP contribution in [0.5, 0.6) is 11.9 Å². The standard InChI is InChI=1S/C34H36F6N6O3/c1-32(47)9-4-13-46(17-32)28-23-16-41-26(22-15-42-29(49-30(36)37)20-8-7-19(14-21(20)22)34(38,39)40)25(35)27(23)43-31(44-28)48-18-33-10-3-6-24(33)45(2)12-5-11-33/h7-8,14-16,24,30,47H,3-6,9-13,17-18H2,1-2H3. The zero-order valence-electron chi connectivity index (χ0n) is 27.0. The first-order valence-corrected chi connectivity index (χ1v) is 16.4. The van der Waals surface area contributed by atoms with Gasteiger partial charge in [-0.15, -0.1) is 0 Å². The molecule has 1 aliphatic carbocycles. The predicted molar refractivity (Wildman–Crippen MR) is 169 cm³/mol. The zero-order chi connectivity index (χ0) is 34.7. The lowest BCUT2D eigenvalue weighted by atomic mass is 9.76. The van der Waals surface area contributed by atoms with Gasteiger partial charge in [-0.2, -0.15) is 31.9 Å². The number of rotatable bonds is 7. The van der Waals surface area contributed by atoms with Crippen LogP contribution in [-0.2, 0) is 6.18 Å². The molecule has 2 saturated heterocycles. The molecule has 3 fully saturated rings. The molecule has 5 heterocycles. The summed E-state index contributed by atoms with van der Waals surface area (Å²) in [5.41, 5.74) is -2.98. The van der Waals surface area contributed by atoms with E-state index in [1.54, 1.807) is 6.92 Å². The minimum atomic E-state index is -4.77. The minimum absolute atomic E-state index is 0.0694. The molecule has 0 bridgehead atoms. The maximum Gasteiger partial charge on any atom is 0.416 e. The highest BCUT2D eigenvalue weighted by Crippen LogP contribution is 2.48. The van der Waals surface area contributed by atoms with Gasteiger partial charge in [0.15, 0.2) is 5.82 Å². The first kappa shape index (κ1) is 33.5. The Labute approximate surface area is 278 Å². The van der Waals surface area contributed by atoms with Crippen LogP contribution in [0, 0.1) is 11.2 Å². The number of aromatic nitrogens is 4. The maximum atomic E-state index is 16.8. The van der Waals surface area contributed by atoms with E-state index in [1.807, 2.05) is 4.90 Å². The van der Waals surface area contributed by atoms with Crippen LogP contribution in [-0.4, -0.2) is 81.5 Å². The summed E-state index contributed by atoms with van der Waals surface area (Å²) in [6.45, 7) is 0.468. The van der Waals surface area contributed by atoms with Crippen molar-refractivity contribution in [3.05, 3.63) is 42.0 Å². The van der Waals surface area contributed by atoms with Crippen LogP contribution in [0.4, 0.5) is 32.2 Å². The molecule has 49 heavy (non-hydrogen) atoms. The summed E-state index contributed by atoms with van der Waals surface area (Å²) in [5.74, 6) is -1.28. The predicted octanol–water partition coefficient (Wildman–Crippen LogP) is 6.99. The molecular weight excluding hydrogens is 654 g/mol. The van der Waals surface area contributed by atoms with Gasteiger partial charge in [0.05, 0.1) is 23.2 Å². The molecule has 7 rings (SSSR count). The van der Waals surface area contributed by atoms with Crippen molar-refractivity contribution in [3.8, 4) is 23.1 Å². The summed E-state index contributed by atoms with van der Waals surface area (Å²) in [7, 11) is 2.11. The Morgan fingerprint density at radius 1 is 1.00 bits per heavy atom. The van der Waals surface area contributed by atoms with E-state index in [0.29, 0.717) is 43.9 Å². The number of benzene rings is 1. The molecule has 0 spiro atoms. The quantitative estimate of drug-likeness (QED) is 0.206. The van der Waals surface area contributed by atoms with Crippen molar-refractivity contribution in [1.82, 2.24) is 24.8 Å². The van der Waals surface area contributed by atoms with Gasteiger partial charge in [0, 0.05) is 47.9 Å². The second kappa shape index (κ2) is 12.4. The summed E-state index contributed by atoms with van der Waals surface area (Å²) in [6.07, 6.45) is 3.80. The van der Waals surface area contributed by atoms with Crippen molar-refractivity contribution >= 4 is 27.5 Å². The molecule has 9 nitrogen and oxygen atoms in total. The van der Waals surface area contributed by atoms with Gasteiger partial charge in [0.25, 0.3) is 0 Å². The second-order valence-corrected chi connectivity index (χ2v) is 13.8. The number of alkyl halides is 5. The molecule has 0 amide bonds. The van der Waals surface area contributed by atoms with E-state index in [4.69, 9.17) is 9.72 Å². The Bertz CT molecular complexity index is 1890. The Kier molecular flexibility index (Phi) is 8.49. The lowest BCUT2D eigenvalue weighted by Gasteiger charge is -2.44. The van der Waals surface area contributed by atoms with Gasteiger partial charge >= 0.3 is 18.8 Å². The van der Waals surface area contributed by atoms with Gasteiger partial charge in [-0.1, -0.05) is 6.42 Å². The first-order chi connectivity index (χ1) is 23.2. The number of ether oxygens (including phenoxy) is 2. The van der Waals surface area contributed by atoms with Crippen molar-refractivity contribution in [3.63, 3.8) is 0 Å². The first-order valence-electron chi connectivity index (χ1n) is 16.4. The second-order valence-electron chi connectivity index (χ2n) is 13.8. The van der Waals surface area contributed by atoms with E-state index in [-0.39, 0.29) is 45.2 Å². The average molecular weight is 691 g/mol. The van der Waals surface area contributed by atoms with Gasteiger partial charge in [0.1, 0.15) is 17.0 Å². The Morgan fingerprint density at radius 2 is 1.78 bits per heavy atom. The molecule has 1 saturated carbocycles. The third-order valence-corrected chi connectivity index (χ3v) is 10.3. The summed E-state index contributed by atoms with van der Waals surface area (Å²) in [4.78, 5) is 21.6. The Balaban J connectivity index is 1.37. The largest absolute Gasteiger partial charge is 0.463 e. The molecule has 3 unspecified atom stereocenters. The van der Waals surface area contributed by atoms with Crippen molar-refractivity contribution in [1.29, 1.82) is 0 Å². The van der Waals surface area contributed by atoms with Crippen molar-refractivity contribution in [2.75, 3.05) is 38.2 Å². The molecule has 3 atom stereocenters. The molecule has 1 N–H and O–H groups in total. The summed E-state index contributed by atoms with van der Waals surface area (Å²) >= 11 is 0. The van der Waals surface area contributed by atoms with Crippen molar-refractivity contribution < 1.29 is 40.9 Å². The number of aliphatic hydroxyl groups is 1. The van der Waals surface area contributed by atoms with Crippen LogP contribution in [0.3, 0.4) is 0 Å². The molecular formula is C34H36F6N6O3. The fourth-order valence-electron chi connectivity index (χ4n) is 8.06. The lowest BCUT2D eigenvalue weighted by molar-refractivity contribution is -0.137. The number of nitrogens with zero attached hydrogens (tertiary/aromatic N) is 6. The normalized spacial score (nSPS) is 24.9. The topological polar surface area (TPSA) is 96.7 Å². The SMILES string of the molecule is CN1CCCC2(COc3nc(N4CCCC(C)(O)C4)c4cnc(-c5cnc(OC(F)F)c6ccc(C(F)(F)F)cc56)c(F)c4n3)CCCC12. The van der Waals surface area contributed by atoms with Crippen molar-refractivity contribution in [2.45, 2.75) is 76.3 Å². The molecule has 0 radical (unpaired) electrons. The summed E-state index contributed by atoms with van der Waals surface area (Å²) in [6, 6.07) is 2.67. The summed E-state index contributed by atoms with van der Waals surface area (Å²) < 4.78 is 95.2. The summed E-state index contributed by atoms with van der Waals surface area (Å²) in [5, 5.41) is 10.7. The van der Waals surface area contributed by atoms with Gasteiger partial charge in [-0.25, -0.2) is 9.37 Å². The molecule has 4 aromatic rings. The Hall–Kier alpha value is -3.98. The van der Waals surface area contributed by atoms with Crippen LogP contribution in [0.1, 0.15) is 57.4 Å². The van der Waals surface area contributed by atoms with E-state index in [2.05, 4.69) is 31.6 Å². The zero-order valence-corrected chi connectivity index (χ0v) is 27.0. The molecule has 262 valence electrons. The van der Waals surface area contributed by atoms with Gasteiger partial charge in [-0.3, -0.25) is 4.98 Å². The van der Waals surface area contributed by atoms with Crippen LogP contribution >= 0.6 is 0 Å². The fraction of sp³-hybridized carbons (Fsp3) is 0.529. The van der Waals surface area contributed by atoms with Crippen molar-refractivity contribution in [2.24, 2.45) is 5.41 Å². The molecule has 1 aromatic carbocycles. The fourth-order valence-corrected chi connectivity index (χ4v) is 8.06. The van der Waals surface area contributed by atoms with Gasteiger partial charge in [-0.05, 0) is 82.6 Å². The molecule has 3 aliphatic rings. The lowest BCUT2D eigenvalue weighted by Crippen LogP contribution is -2.50. The van der Waals surface area contributed by atoms with Crippen LogP contribution in [0.2, 0.25) is 0 Å². The third-order valence-electron chi connectivity index (χ3n) is 10.3. The number of halogens is 6. The molecule has 15 heteroatoms. The van der Waals surface area contributed by atoms with Crippen LogP contribution < -0.4 is 14.4 Å². The van der Waals surface area contributed by atoms with E-state index >= 15 is 4.39 Å². The number of likely N-dealkylation sites (tertiary alicyclic amines) is 1. The minimum Gasteiger partial charge on any atom is -0.463 e. The number of β-amino-alcohol motifs (C(OH)–C–C–N with tert-alkyl or cyclic N) is 1. The van der Waals surface area contributed by atoms with Gasteiger partial charge in [0.2, 0.25) is 5.88 Å². The average Bonchev–Trinajstić information content (AvgIpc) is 3.49. The highest BCUT2D eigenvalue weighted by molar-refractivity contribution is 6.00. The number of anilines is 1. The Morgan fingerprint density at radius 3 is 2.53 bits per heavy atom. The van der Waals surface area contributed by atoms with Crippen LogP contribution in [0.15, 0.2) is 30.6 Å². The number of hydrogen-bond acceptors (Lipinski definition) is 9. The maximum absolute atomic E-state index is 16.8. The number of hydrogen-bond donors (Lipinski definition) is 1. The third kappa shape index (κ3) is 6.31. The number of piperidine rings is 2. The van der Waals surface area contributed by atoms with E-state index in [9.17, 15) is 27.1 Å². The van der Waals surface area contributed by atoms with Gasteiger partial charge < -0.3 is 24.4 Å². The molecule has 3 aromatic heterocycles. The monoisotopic (exact) mass is 690 g/mol. The number of pyridine rings is 2. The smallest absolute Gasteiger partial charge is 0.416 e. The van der Waals surface area contributed by atoms with E-state index in [0.717, 1.165) is 57.0 Å². The number of fused-ring (bicyclic) bond motifs is 3. The highest BCUT2D eigenvalue weighted by Gasteiger charge is 2.47. The van der Waals surface area contributed by atoms with E-state index < -0.39 is 41.3 Å². The highest BCUT2D eigenvalue weighted by atomic mass is 19.4. The molecule has 2 aliphatic heterocycles. The van der Waals surface area contributed by atoms with E-state index in [1.165, 1.54) is 6.20 Å². The van der Waals surface area contributed by atoms with Crippen LogP contribution in [0.25, 0.3) is 32.9 Å².